The van der Waals surface area contributed by atoms with Crippen molar-refractivity contribution >= 4 is 23.2 Å². The number of hydrogen-bond acceptors (Lipinski definition) is 3. The van der Waals surface area contributed by atoms with Crippen LogP contribution in [0.1, 0.15) is 18.4 Å². The second-order valence-corrected chi connectivity index (χ2v) is 6.23. The van der Waals surface area contributed by atoms with E-state index in [-0.39, 0.29) is 5.91 Å². The minimum absolute atomic E-state index is 0.0218. The van der Waals surface area contributed by atoms with Crippen molar-refractivity contribution in [3.8, 4) is 0 Å². The molecule has 4 nitrogen and oxygen atoms in total. The van der Waals surface area contributed by atoms with Crippen LogP contribution in [0.2, 0.25) is 5.02 Å². The molecule has 21 heavy (non-hydrogen) atoms. The Morgan fingerprint density at radius 1 is 1.38 bits per heavy atom. The van der Waals surface area contributed by atoms with Crippen molar-refractivity contribution in [3.05, 3.63) is 28.8 Å². The lowest BCUT2D eigenvalue weighted by molar-refractivity contribution is -0.117. The van der Waals surface area contributed by atoms with Gasteiger partial charge in [-0.2, -0.15) is 0 Å². The van der Waals surface area contributed by atoms with Gasteiger partial charge in [-0.3, -0.25) is 9.69 Å². The van der Waals surface area contributed by atoms with Crippen LogP contribution in [0.15, 0.2) is 18.2 Å². The zero-order valence-corrected chi connectivity index (χ0v) is 13.6. The van der Waals surface area contributed by atoms with E-state index in [0.29, 0.717) is 17.3 Å². The highest BCUT2D eigenvalue weighted by atomic mass is 35.5. The summed E-state index contributed by atoms with van der Waals surface area (Å²) < 4.78 is 0. The summed E-state index contributed by atoms with van der Waals surface area (Å²) in [5.41, 5.74) is 1.77. The number of aryl methyl sites for hydroxylation is 1. The van der Waals surface area contributed by atoms with E-state index in [1.807, 2.05) is 32.2 Å². The minimum Gasteiger partial charge on any atom is -0.324 e. The number of nitrogens with one attached hydrogen (secondary N) is 1. The zero-order valence-electron chi connectivity index (χ0n) is 12.9. The fraction of sp³-hybridized carbons (Fsp3) is 0.562. The summed E-state index contributed by atoms with van der Waals surface area (Å²) in [7, 11) is 1.98. The number of likely N-dealkylation sites (N-methyl/N-ethyl adjacent to an activating group) is 1. The summed E-state index contributed by atoms with van der Waals surface area (Å²) in [5, 5.41) is 3.46. The first-order chi connectivity index (χ1) is 10.0. The van der Waals surface area contributed by atoms with Crippen LogP contribution in [0.25, 0.3) is 0 Å². The van der Waals surface area contributed by atoms with E-state index in [9.17, 15) is 4.79 Å². The molecule has 1 aromatic rings. The van der Waals surface area contributed by atoms with Crippen molar-refractivity contribution in [2.45, 2.75) is 19.8 Å². The van der Waals surface area contributed by atoms with Gasteiger partial charge < -0.3 is 10.2 Å². The van der Waals surface area contributed by atoms with Gasteiger partial charge in [-0.1, -0.05) is 17.7 Å². The normalized spacial score (nSPS) is 15.6. The van der Waals surface area contributed by atoms with Crippen molar-refractivity contribution in [2.24, 2.45) is 0 Å². The van der Waals surface area contributed by atoms with Crippen LogP contribution in [0.5, 0.6) is 0 Å². The molecule has 1 aliphatic rings. The number of rotatable bonds is 6. The lowest BCUT2D eigenvalue weighted by Gasteiger charge is -2.21. The van der Waals surface area contributed by atoms with E-state index >= 15 is 0 Å². The van der Waals surface area contributed by atoms with E-state index in [1.165, 1.54) is 25.9 Å². The van der Waals surface area contributed by atoms with Crippen molar-refractivity contribution in [1.29, 1.82) is 0 Å². The molecule has 2 rings (SSSR count). The molecule has 1 fully saturated rings. The Morgan fingerprint density at radius 3 is 2.81 bits per heavy atom. The third kappa shape index (κ3) is 5.30. The van der Waals surface area contributed by atoms with Gasteiger partial charge in [0.1, 0.15) is 0 Å². The van der Waals surface area contributed by atoms with Crippen LogP contribution >= 0.6 is 11.6 Å². The van der Waals surface area contributed by atoms with E-state index in [2.05, 4.69) is 15.1 Å². The van der Waals surface area contributed by atoms with Gasteiger partial charge in [0.25, 0.3) is 0 Å². The molecule has 1 N–H and O–H groups in total. The Hall–Kier alpha value is -1.10. The van der Waals surface area contributed by atoms with Crippen molar-refractivity contribution in [2.75, 3.05) is 45.1 Å². The van der Waals surface area contributed by atoms with Gasteiger partial charge in [0.15, 0.2) is 0 Å². The molecule has 0 radical (unpaired) electrons. The third-order valence-corrected chi connectivity index (χ3v) is 4.14. The Labute approximate surface area is 132 Å². The van der Waals surface area contributed by atoms with E-state index < -0.39 is 0 Å². The zero-order chi connectivity index (χ0) is 15.2. The largest absolute Gasteiger partial charge is 0.324 e. The van der Waals surface area contributed by atoms with Gasteiger partial charge in [-0.25, -0.2) is 0 Å². The first-order valence-corrected chi connectivity index (χ1v) is 7.89. The Bertz CT molecular complexity index is 486. The first kappa shape index (κ1) is 16.3. The number of carbonyl (C=O) groups is 1. The molecule has 0 aliphatic carbocycles. The highest BCUT2D eigenvalue weighted by Gasteiger charge is 2.13. The van der Waals surface area contributed by atoms with Gasteiger partial charge in [-0.15, -0.1) is 0 Å². The average Bonchev–Trinajstić information content (AvgIpc) is 2.94. The molecule has 0 spiro atoms. The van der Waals surface area contributed by atoms with Crippen LogP contribution < -0.4 is 5.32 Å². The molecule has 1 saturated heterocycles. The molecule has 1 amide bonds. The van der Waals surface area contributed by atoms with Crippen molar-refractivity contribution in [3.63, 3.8) is 0 Å². The molecule has 1 aliphatic heterocycles. The van der Waals surface area contributed by atoms with E-state index in [4.69, 9.17) is 11.6 Å². The summed E-state index contributed by atoms with van der Waals surface area (Å²) in [4.78, 5) is 16.6. The fourth-order valence-electron chi connectivity index (χ4n) is 2.57. The fourth-order valence-corrected chi connectivity index (χ4v) is 2.73. The molecule has 1 aromatic carbocycles. The van der Waals surface area contributed by atoms with Crippen LogP contribution in [-0.4, -0.2) is 55.5 Å². The maximum atomic E-state index is 12.1. The van der Waals surface area contributed by atoms with Gasteiger partial charge in [0.2, 0.25) is 5.91 Å². The summed E-state index contributed by atoms with van der Waals surface area (Å²) >= 11 is 6.09. The molecule has 116 valence electrons. The van der Waals surface area contributed by atoms with Crippen LogP contribution in [-0.2, 0) is 4.79 Å². The second-order valence-electron chi connectivity index (χ2n) is 5.82. The summed E-state index contributed by atoms with van der Waals surface area (Å²) in [5.74, 6) is -0.0218. The maximum absolute atomic E-state index is 12.1. The number of anilines is 1. The van der Waals surface area contributed by atoms with Gasteiger partial charge in [-0.05, 0) is 57.6 Å². The quantitative estimate of drug-likeness (QED) is 0.877. The Balaban J connectivity index is 1.76. The van der Waals surface area contributed by atoms with E-state index in [1.54, 1.807) is 0 Å². The molecule has 5 heteroatoms. The highest BCUT2D eigenvalue weighted by Crippen LogP contribution is 2.22. The number of nitrogens with zero attached hydrogens (tertiary/aromatic N) is 2. The molecule has 0 saturated carbocycles. The molecule has 0 unspecified atom stereocenters. The van der Waals surface area contributed by atoms with Gasteiger partial charge in [0, 0.05) is 13.1 Å². The number of halogens is 1. The lowest BCUT2D eigenvalue weighted by atomic mass is 10.2. The third-order valence-electron chi connectivity index (χ3n) is 3.81. The van der Waals surface area contributed by atoms with Gasteiger partial charge >= 0.3 is 0 Å². The van der Waals surface area contributed by atoms with Gasteiger partial charge in [0.05, 0.1) is 17.3 Å². The number of amides is 1. The van der Waals surface area contributed by atoms with Crippen LogP contribution in [0.4, 0.5) is 5.69 Å². The summed E-state index contributed by atoms with van der Waals surface area (Å²) in [6.07, 6.45) is 2.60. The standard InChI is InChI=1S/C16H24ClN3O/c1-13-5-6-14(17)15(11-13)18-16(21)12-19(2)9-10-20-7-3-4-8-20/h5-6,11H,3-4,7-10,12H2,1-2H3,(H,18,21). The predicted octanol–water partition coefficient (Wildman–Crippen LogP) is 2.61. The lowest BCUT2D eigenvalue weighted by Crippen LogP contribution is -2.36. The SMILES string of the molecule is Cc1ccc(Cl)c(NC(=O)CN(C)CCN2CCCC2)c1. The number of hydrogen-bond donors (Lipinski definition) is 1. The van der Waals surface area contributed by atoms with Crippen molar-refractivity contribution in [1.82, 2.24) is 9.80 Å². The smallest absolute Gasteiger partial charge is 0.238 e. The minimum atomic E-state index is -0.0218. The molecule has 0 atom stereocenters. The first-order valence-electron chi connectivity index (χ1n) is 7.51. The topological polar surface area (TPSA) is 35.6 Å². The molecular weight excluding hydrogens is 286 g/mol. The number of benzene rings is 1. The Morgan fingerprint density at radius 2 is 2.10 bits per heavy atom. The molecule has 1 heterocycles. The highest BCUT2D eigenvalue weighted by molar-refractivity contribution is 6.33. The predicted molar refractivity (Wildman–Crippen MR) is 88.0 cm³/mol. The molecular formula is C16H24ClN3O. The monoisotopic (exact) mass is 309 g/mol. The Kier molecular flexibility index (Phi) is 6.03. The van der Waals surface area contributed by atoms with Crippen molar-refractivity contribution < 1.29 is 4.79 Å². The summed E-state index contributed by atoms with van der Waals surface area (Å²) in [6, 6.07) is 5.63. The van der Waals surface area contributed by atoms with Crippen LogP contribution in [0, 0.1) is 6.92 Å². The summed E-state index contributed by atoms with van der Waals surface area (Å²) in [6.45, 7) is 6.70. The average molecular weight is 310 g/mol. The molecule has 0 aromatic heterocycles. The second kappa shape index (κ2) is 7.78. The number of carbonyl (C=O) groups excluding carboxylic acids is 1. The van der Waals surface area contributed by atoms with E-state index in [0.717, 1.165) is 18.7 Å². The molecule has 0 bridgehead atoms. The van der Waals surface area contributed by atoms with Crippen LogP contribution in [0.3, 0.4) is 0 Å². The number of likely N-dealkylation sites (tertiary alicyclic amines) is 1. The maximum Gasteiger partial charge on any atom is 0.238 e.